The van der Waals surface area contributed by atoms with Crippen molar-refractivity contribution < 1.29 is 9.13 Å². The Kier molecular flexibility index (Phi) is 2.84. The van der Waals surface area contributed by atoms with Crippen molar-refractivity contribution >= 4 is 0 Å². The minimum absolute atomic E-state index is 0.341. The standard InChI is InChI=1S/C10H18FNO/c11-10(5-6-12-8-10)4-3-9-2-1-7-13-9/h9,12H,1-8H2. The second kappa shape index (κ2) is 3.93. The molecule has 2 aliphatic heterocycles. The number of alkyl halides is 1. The quantitative estimate of drug-likeness (QED) is 0.725. The van der Waals surface area contributed by atoms with Crippen LogP contribution in [-0.4, -0.2) is 31.5 Å². The molecule has 3 heteroatoms. The van der Waals surface area contributed by atoms with Gasteiger partial charge in [-0.2, -0.15) is 0 Å². The van der Waals surface area contributed by atoms with E-state index in [2.05, 4.69) is 5.32 Å². The smallest absolute Gasteiger partial charge is 0.124 e. The molecule has 13 heavy (non-hydrogen) atoms. The lowest BCUT2D eigenvalue weighted by Crippen LogP contribution is -2.27. The highest BCUT2D eigenvalue weighted by Crippen LogP contribution is 2.28. The summed E-state index contributed by atoms with van der Waals surface area (Å²) in [4.78, 5) is 0. The molecule has 2 nitrogen and oxygen atoms in total. The summed E-state index contributed by atoms with van der Waals surface area (Å²) in [5, 5.41) is 3.07. The zero-order valence-electron chi connectivity index (χ0n) is 8.02. The molecule has 2 rings (SSSR count). The number of hydrogen-bond acceptors (Lipinski definition) is 2. The molecule has 0 aromatic carbocycles. The molecule has 2 heterocycles. The molecule has 2 fully saturated rings. The fourth-order valence-corrected chi connectivity index (χ4v) is 2.22. The number of ether oxygens (including phenoxy) is 1. The van der Waals surface area contributed by atoms with Crippen LogP contribution in [0.1, 0.15) is 32.1 Å². The van der Waals surface area contributed by atoms with Gasteiger partial charge in [0.15, 0.2) is 0 Å². The molecule has 0 radical (unpaired) electrons. The predicted octanol–water partition coefficient (Wildman–Crippen LogP) is 1.65. The van der Waals surface area contributed by atoms with Gasteiger partial charge in [-0.25, -0.2) is 4.39 Å². The van der Waals surface area contributed by atoms with Crippen LogP contribution in [0.15, 0.2) is 0 Å². The van der Waals surface area contributed by atoms with E-state index >= 15 is 0 Å². The molecule has 76 valence electrons. The van der Waals surface area contributed by atoms with E-state index in [4.69, 9.17) is 4.74 Å². The maximum atomic E-state index is 13.8. The number of nitrogens with one attached hydrogen (secondary N) is 1. The fraction of sp³-hybridized carbons (Fsp3) is 1.00. The van der Waals surface area contributed by atoms with Crippen molar-refractivity contribution in [3.63, 3.8) is 0 Å². The molecule has 0 aromatic heterocycles. The highest BCUT2D eigenvalue weighted by molar-refractivity contribution is 4.89. The molecule has 2 saturated heterocycles. The molecule has 0 aliphatic carbocycles. The minimum Gasteiger partial charge on any atom is -0.378 e. The van der Waals surface area contributed by atoms with Crippen molar-refractivity contribution in [3.05, 3.63) is 0 Å². The third-order valence-corrected chi connectivity index (χ3v) is 3.13. The molecular weight excluding hydrogens is 169 g/mol. The van der Waals surface area contributed by atoms with Crippen molar-refractivity contribution in [2.24, 2.45) is 0 Å². The fourth-order valence-electron chi connectivity index (χ4n) is 2.22. The lowest BCUT2D eigenvalue weighted by Gasteiger charge is -2.19. The van der Waals surface area contributed by atoms with Crippen LogP contribution in [-0.2, 0) is 4.74 Å². The molecule has 1 N–H and O–H groups in total. The monoisotopic (exact) mass is 187 g/mol. The molecule has 0 bridgehead atoms. The highest BCUT2D eigenvalue weighted by Gasteiger charge is 2.34. The van der Waals surface area contributed by atoms with Gasteiger partial charge in [0.1, 0.15) is 5.67 Å². The van der Waals surface area contributed by atoms with Crippen molar-refractivity contribution in [2.75, 3.05) is 19.7 Å². The van der Waals surface area contributed by atoms with E-state index in [1.165, 1.54) is 0 Å². The summed E-state index contributed by atoms with van der Waals surface area (Å²) in [7, 11) is 0. The average Bonchev–Trinajstić information content (AvgIpc) is 2.72. The van der Waals surface area contributed by atoms with Gasteiger partial charge in [-0.1, -0.05) is 0 Å². The van der Waals surface area contributed by atoms with Crippen molar-refractivity contribution in [2.45, 2.75) is 43.9 Å². The van der Waals surface area contributed by atoms with Gasteiger partial charge in [0.2, 0.25) is 0 Å². The van der Waals surface area contributed by atoms with E-state index in [1.807, 2.05) is 0 Å². The van der Waals surface area contributed by atoms with Crippen LogP contribution in [0.25, 0.3) is 0 Å². The van der Waals surface area contributed by atoms with Crippen LogP contribution >= 0.6 is 0 Å². The van der Waals surface area contributed by atoms with Gasteiger partial charge in [-0.05, 0) is 38.6 Å². The minimum atomic E-state index is -0.939. The number of halogens is 1. The van der Waals surface area contributed by atoms with Crippen molar-refractivity contribution in [3.8, 4) is 0 Å². The normalized spacial score (nSPS) is 39.9. The largest absolute Gasteiger partial charge is 0.378 e. The third-order valence-electron chi connectivity index (χ3n) is 3.13. The van der Waals surface area contributed by atoms with Gasteiger partial charge in [0.05, 0.1) is 6.10 Å². The van der Waals surface area contributed by atoms with E-state index < -0.39 is 5.67 Å². The summed E-state index contributed by atoms with van der Waals surface area (Å²) < 4.78 is 19.3. The van der Waals surface area contributed by atoms with E-state index in [0.717, 1.165) is 32.4 Å². The number of rotatable bonds is 3. The Morgan fingerprint density at radius 3 is 3.08 bits per heavy atom. The van der Waals surface area contributed by atoms with Crippen LogP contribution in [0.4, 0.5) is 4.39 Å². The summed E-state index contributed by atoms with van der Waals surface area (Å²) in [6.07, 6.45) is 4.88. The summed E-state index contributed by atoms with van der Waals surface area (Å²) in [6.45, 7) is 2.25. The van der Waals surface area contributed by atoms with Gasteiger partial charge in [0, 0.05) is 13.2 Å². The van der Waals surface area contributed by atoms with E-state index in [-0.39, 0.29) is 0 Å². The predicted molar refractivity (Wildman–Crippen MR) is 49.5 cm³/mol. The van der Waals surface area contributed by atoms with Crippen LogP contribution in [0.5, 0.6) is 0 Å². The first-order valence-corrected chi connectivity index (χ1v) is 5.30. The van der Waals surface area contributed by atoms with E-state index in [1.54, 1.807) is 0 Å². The Morgan fingerprint density at radius 1 is 1.54 bits per heavy atom. The molecule has 0 amide bonds. The first-order valence-electron chi connectivity index (χ1n) is 5.30. The zero-order valence-corrected chi connectivity index (χ0v) is 8.02. The summed E-state index contributed by atoms with van der Waals surface area (Å²) in [6, 6.07) is 0. The second-order valence-corrected chi connectivity index (χ2v) is 4.25. The number of hydrogen-bond donors (Lipinski definition) is 1. The summed E-state index contributed by atoms with van der Waals surface area (Å²) in [5.74, 6) is 0. The summed E-state index contributed by atoms with van der Waals surface area (Å²) >= 11 is 0. The molecule has 0 aromatic rings. The van der Waals surface area contributed by atoms with Gasteiger partial charge >= 0.3 is 0 Å². The van der Waals surface area contributed by atoms with Crippen molar-refractivity contribution in [1.82, 2.24) is 5.32 Å². The third kappa shape index (κ3) is 2.41. The van der Waals surface area contributed by atoms with Crippen LogP contribution in [0, 0.1) is 0 Å². The average molecular weight is 187 g/mol. The Labute approximate surface area is 78.8 Å². The van der Waals surface area contributed by atoms with Crippen LogP contribution < -0.4 is 5.32 Å². The Morgan fingerprint density at radius 2 is 2.46 bits per heavy atom. The van der Waals surface area contributed by atoms with Gasteiger partial charge in [-0.3, -0.25) is 0 Å². The summed E-state index contributed by atoms with van der Waals surface area (Å²) in [5.41, 5.74) is -0.939. The van der Waals surface area contributed by atoms with Crippen LogP contribution in [0.2, 0.25) is 0 Å². The SMILES string of the molecule is FC1(CCC2CCCO2)CCNC1. The van der Waals surface area contributed by atoms with E-state index in [9.17, 15) is 4.39 Å². The lowest BCUT2D eigenvalue weighted by molar-refractivity contribution is 0.0787. The lowest BCUT2D eigenvalue weighted by atomic mass is 9.96. The first-order chi connectivity index (χ1) is 6.29. The molecule has 2 unspecified atom stereocenters. The first kappa shape index (κ1) is 9.41. The Bertz CT molecular complexity index is 162. The Balaban J connectivity index is 1.71. The maximum Gasteiger partial charge on any atom is 0.124 e. The van der Waals surface area contributed by atoms with Gasteiger partial charge in [-0.15, -0.1) is 0 Å². The molecule has 0 saturated carbocycles. The molecule has 2 atom stereocenters. The maximum absolute atomic E-state index is 13.8. The van der Waals surface area contributed by atoms with Crippen LogP contribution in [0.3, 0.4) is 0 Å². The van der Waals surface area contributed by atoms with Gasteiger partial charge in [0.25, 0.3) is 0 Å². The molecule has 0 spiro atoms. The zero-order chi connectivity index (χ0) is 9.15. The highest BCUT2D eigenvalue weighted by atomic mass is 19.1. The molecule has 2 aliphatic rings. The van der Waals surface area contributed by atoms with Crippen molar-refractivity contribution in [1.29, 1.82) is 0 Å². The Hall–Kier alpha value is -0.150. The topological polar surface area (TPSA) is 21.3 Å². The second-order valence-electron chi connectivity index (χ2n) is 4.25. The van der Waals surface area contributed by atoms with E-state index in [0.29, 0.717) is 25.5 Å². The molecular formula is C10H18FNO. The van der Waals surface area contributed by atoms with Gasteiger partial charge < -0.3 is 10.1 Å².